The van der Waals surface area contributed by atoms with Gasteiger partial charge < -0.3 is 15.4 Å². The van der Waals surface area contributed by atoms with Crippen LogP contribution in [0.25, 0.3) is 0 Å². The molecule has 0 atom stereocenters. The van der Waals surface area contributed by atoms with Crippen LogP contribution in [-0.4, -0.2) is 38.4 Å². The number of carbonyl (C=O) groups excluding carboxylic acids is 2. The third-order valence-corrected chi connectivity index (χ3v) is 2.87. The fourth-order valence-corrected chi connectivity index (χ4v) is 1.70. The Balaban J connectivity index is 2.29. The van der Waals surface area contributed by atoms with E-state index in [0.717, 1.165) is 13.1 Å². The van der Waals surface area contributed by atoms with Gasteiger partial charge in [0.25, 0.3) is 0 Å². The normalized spacial score (nSPS) is 10.1. The van der Waals surface area contributed by atoms with Crippen LogP contribution in [0.3, 0.4) is 0 Å². The molecule has 5 heteroatoms. The van der Waals surface area contributed by atoms with Gasteiger partial charge in [-0.3, -0.25) is 9.59 Å². The Labute approximate surface area is 119 Å². The first-order valence-electron chi connectivity index (χ1n) is 6.82. The molecular formula is C15H22N2O3. The average molecular weight is 278 g/mol. The van der Waals surface area contributed by atoms with Crippen LogP contribution in [0.15, 0.2) is 24.3 Å². The summed E-state index contributed by atoms with van der Waals surface area (Å²) in [5.74, 6) is 0.585. The number of carbonyl (C=O) groups is 2. The van der Waals surface area contributed by atoms with Gasteiger partial charge in [-0.15, -0.1) is 0 Å². The number of benzene rings is 1. The lowest BCUT2D eigenvalue weighted by atomic mass is 10.1. The maximum absolute atomic E-state index is 11.9. The molecule has 0 saturated carbocycles. The molecule has 0 aliphatic carbocycles. The average Bonchev–Trinajstić information content (AvgIpc) is 2.49. The lowest BCUT2D eigenvalue weighted by Crippen LogP contribution is -2.31. The summed E-state index contributed by atoms with van der Waals surface area (Å²) in [5.41, 5.74) is 0.603. The summed E-state index contributed by atoms with van der Waals surface area (Å²) in [5, 5.41) is 5.88. The molecule has 5 nitrogen and oxygen atoms in total. The Hall–Kier alpha value is -1.88. The monoisotopic (exact) mass is 278 g/mol. The van der Waals surface area contributed by atoms with Gasteiger partial charge in [0.05, 0.1) is 7.11 Å². The second-order valence-electron chi connectivity index (χ2n) is 4.36. The smallest absolute Gasteiger partial charge is 0.220 e. The number of hydrogen-bond donors (Lipinski definition) is 2. The quantitative estimate of drug-likeness (QED) is 0.529. The molecule has 20 heavy (non-hydrogen) atoms. The molecule has 110 valence electrons. The molecule has 1 amide bonds. The number of nitrogens with one attached hydrogen (secondary N) is 2. The van der Waals surface area contributed by atoms with Crippen molar-refractivity contribution < 1.29 is 14.3 Å². The van der Waals surface area contributed by atoms with Crippen molar-refractivity contribution in [2.24, 2.45) is 0 Å². The van der Waals surface area contributed by atoms with Crippen LogP contribution >= 0.6 is 0 Å². The molecule has 1 aromatic carbocycles. The second kappa shape index (κ2) is 9.09. The van der Waals surface area contributed by atoms with Crippen molar-refractivity contribution >= 4 is 11.7 Å². The highest BCUT2D eigenvalue weighted by atomic mass is 16.5. The van der Waals surface area contributed by atoms with Crippen LogP contribution in [0.4, 0.5) is 0 Å². The number of ether oxygens (including phenoxy) is 1. The van der Waals surface area contributed by atoms with E-state index >= 15 is 0 Å². The second-order valence-corrected chi connectivity index (χ2v) is 4.36. The van der Waals surface area contributed by atoms with E-state index in [0.29, 0.717) is 17.9 Å². The molecule has 0 saturated heterocycles. The van der Waals surface area contributed by atoms with Gasteiger partial charge in [-0.05, 0) is 30.8 Å². The van der Waals surface area contributed by atoms with Crippen molar-refractivity contribution in [2.45, 2.75) is 19.8 Å². The molecule has 1 rings (SSSR count). The van der Waals surface area contributed by atoms with Gasteiger partial charge >= 0.3 is 0 Å². The zero-order valence-corrected chi connectivity index (χ0v) is 12.1. The van der Waals surface area contributed by atoms with Gasteiger partial charge in [-0.2, -0.15) is 0 Å². The van der Waals surface area contributed by atoms with E-state index in [2.05, 4.69) is 10.6 Å². The minimum atomic E-state index is -0.0928. The van der Waals surface area contributed by atoms with E-state index in [-0.39, 0.29) is 24.5 Å². The molecular weight excluding hydrogens is 256 g/mol. The predicted octanol–water partition coefficient (Wildman–Crippen LogP) is 1.38. The third kappa shape index (κ3) is 5.84. The summed E-state index contributed by atoms with van der Waals surface area (Å²) in [6.07, 6.45) is 0.441. The molecule has 2 N–H and O–H groups in total. The van der Waals surface area contributed by atoms with Crippen molar-refractivity contribution in [3.63, 3.8) is 0 Å². The minimum absolute atomic E-state index is 0.0329. The molecule has 0 aliphatic rings. The fourth-order valence-electron chi connectivity index (χ4n) is 1.70. The van der Waals surface area contributed by atoms with Crippen molar-refractivity contribution in [2.75, 3.05) is 26.7 Å². The molecule has 0 spiro atoms. The van der Waals surface area contributed by atoms with E-state index in [9.17, 15) is 9.59 Å². The number of ketones is 1. The van der Waals surface area contributed by atoms with Crippen molar-refractivity contribution in [1.82, 2.24) is 10.6 Å². The van der Waals surface area contributed by atoms with E-state index in [4.69, 9.17) is 4.74 Å². The van der Waals surface area contributed by atoms with E-state index in [1.54, 1.807) is 31.4 Å². The largest absolute Gasteiger partial charge is 0.497 e. The van der Waals surface area contributed by atoms with Gasteiger partial charge in [0.2, 0.25) is 5.91 Å². The molecule has 0 unspecified atom stereocenters. The van der Waals surface area contributed by atoms with Gasteiger partial charge in [0.1, 0.15) is 5.75 Å². The van der Waals surface area contributed by atoms with Gasteiger partial charge in [-0.1, -0.05) is 6.92 Å². The fraction of sp³-hybridized carbons (Fsp3) is 0.467. The van der Waals surface area contributed by atoms with Crippen LogP contribution in [0.2, 0.25) is 0 Å². The molecule has 0 radical (unpaired) electrons. The molecule has 0 bridgehead atoms. The molecule has 0 fully saturated rings. The van der Waals surface area contributed by atoms with E-state index in [1.807, 2.05) is 6.92 Å². The summed E-state index contributed by atoms with van der Waals surface area (Å²) in [7, 11) is 1.58. The number of likely N-dealkylation sites (N-methyl/N-ethyl adjacent to an activating group) is 1. The summed E-state index contributed by atoms with van der Waals surface area (Å²) in [6, 6.07) is 6.90. The van der Waals surface area contributed by atoms with Crippen LogP contribution in [-0.2, 0) is 4.79 Å². The number of rotatable bonds is 9. The van der Waals surface area contributed by atoms with Crippen LogP contribution in [0.1, 0.15) is 30.1 Å². The Kier molecular flexibility index (Phi) is 7.35. The number of Topliss-reactive ketones (excluding diaryl/α,β-unsaturated/α-hetero) is 1. The van der Waals surface area contributed by atoms with Crippen molar-refractivity contribution in [3.8, 4) is 5.75 Å². The predicted molar refractivity (Wildman–Crippen MR) is 78.1 cm³/mol. The SMILES string of the molecule is CCNCCNC(=O)CCC(=O)c1ccc(OC)cc1. The lowest BCUT2D eigenvalue weighted by Gasteiger charge is -2.06. The standard InChI is InChI=1S/C15H22N2O3/c1-3-16-10-11-17-15(19)9-8-14(18)12-4-6-13(20-2)7-5-12/h4-7,16H,3,8-11H2,1-2H3,(H,17,19). The number of methoxy groups -OCH3 is 1. The highest BCUT2D eigenvalue weighted by Gasteiger charge is 2.09. The van der Waals surface area contributed by atoms with Crippen LogP contribution in [0, 0.1) is 0 Å². The first-order valence-corrected chi connectivity index (χ1v) is 6.82. The molecule has 0 aliphatic heterocycles. The zero-order chi connectivity index (χ0) is 14.8. The summed E-state index contributed by atoms with van der Waals surface area (Å²) >= 11 is 0. The van der Waals surface area contributed by atoms with Gasteiger partial charge in [-0.25, -0.2) is 0 Å². The van der Waals surface area contributed by atoms with E-state index in [1.165, 1.54) is 0 Å². The Morgan fingerprint density at radius 3 is 2.40 bits per heavy atom. The minimum Gasteiger partial charge on any atom is -0.497 e. The number of hydrogen-bond acceptors (Lipinski definition) is 4. The van der Waals surface area contributed by atoms with Gasteiger partial charge in [0, 0.05) is 31.5 Å². The maximum Gasteiger partial charge on any atom is 0.220 e. The highest BCUT2D eigenvalue weighted by Crippen LogP contribution is 2.13. The third-order valence-electron chi connectivity index (χ3n) is 2.87. The summed E-state index contributed by atoms with van der Waals surface area (Å²) < 4.78 is 5.03. The Bertz CT molecular complexity index is 429. The van der Waals surface area contributed by atoms with Crippen LogP contribution < -0.4 is 15.4 Å². The van der Waals surface area contributed by atoms with Crippen LogP contribution in [0.5, 0.6) is 5.75 Å². The van der Waals surface area contributed by atoms with Crippen molar-refractivity contribution in [1.29, 1.82) is 0 Å². The topological polar surface area (TPSA) is 67.4 Å². The Morgan fingerprint density at radius 2 is 1.80 bits per heavy atom. The summed E-state index contributed by atoms with van der Waals surface area (Å²) in [4.78, 5) is 23.4. The lowest BCUT2D eigenvalue weighted by molar-refractivity contribution is -0.121. The van der Waals surface area contributed by atoms with Crippen molar-refractivity contribution in [3.05, 3.63) is 29.8 Å². The summed E-state index contributed by atoms with van der Waals surface area (Å²) in [6.45, 7) is 4.22. The highest BCUT2D eigenvalue weighted by molar-refractivity contribution is 5.98. The number of amides is 1. The first-order chi connectivity index (χ1) is 9.67. The molecule has 0 aromatic heterocycles. The Morgan fingerprint density at radius 1 is 1.10 bits per heavy atom. The molecule has 0 heterocycles. The van der Waals surface area contributed by atoms with E-state index < -0.39 is 0 Å². The van der Waals surface area contributed by atoms with Gasteiger partial charge in [0.15, 0.2) is 5.78 Å². The maximum atomic E-state index is 11.9. The molecule has 1 aromatic rings. The first kappa shape index (κ1) is 16.2. The zero-order valence-electron chi connectivity index (χ0n) is 12.1.